The molecule has 3 unspecified atom stereocenters. The summed E-state index contributed by atoms with van der Waals surface area (Å²) < 4.78 is 0. The van der Waals surface area contributed by atoms with Gasteiger partial charge in [-0.3, -0.25) is 0 Å². The molecule has 0 aromatic rings. The van der Waals surface area contributed by atoms with Crippen molar-refractivity contribution < 1.29 is 0 Å². The van der Waals surface area contributed by atoms with Crippen LogP contribution in [-0.4, -0.2) is 18.1 Å². The van der Waals surface area contributed by atoms with Crippen molar-refractivity contribution in [1.82, 2.24) is 5.32 Å². The van der Waals surface area contributed by atoms with Crippen LogP contribution in [0, 0.1) is 17.8 Å². The third kappa shape index (κ3) is 4.42. The van der Waals surface area contributed by atoms with Crippen molar-refractivity contribution in [3.8, 4) is 0 Å². The first kappa shape index (κ1) is 14.0. The smallest absolute Gasteiger partial charge is 0.0223 e. The zero-order chi connectivity index (χ0) is 12.3. The fourth-order valence-electron chi connectivity index (χ4n) is 2.83. The fraction of sp³-hybridized carbons (Fsp3) is 1.00. The molecule has 1 aliphatic carbocycles. The third-order valence-electron chi connectivity index (χ3n) is 3.84. The van der Waals surface area contributed by atoms with Gasteiger partial charge in [-0.25, -0.2) is 0 Å². The molecule has 0 radical (unpaired) electrons. The maximum atomic E-state index is 6.05. The maximum absolute atomic E-state index is 6.05. The minimum Gasteiger partial charge on any atom is -0.324 e. The lowest BCUT2D eigenvalue weighted by Crippen LogP contribution is -2.51. The molecule has 0 saturated heterocycles. The molecular weight excluding hydrogens is 196 g/mol. The van der Waals surface area contributed by atoms with Gasteiger partial charge in [0, 0.05) is 18.1 Å². The van der Waals surface area contributed by atoms with Gasteiger partial charge in [-0.2, -0.15) is 0 Å². The van der Waals surface area contributed by atoms with E-state index in [0.717, 1.165) is 24.3 Å². The van der Waals surface area contributed by atoms with Crippen LogP contribution in [0.2, 0.25) is 0 Å². The lowest BCUT2D eigenvalue weighted by atomic mass is 9.74. The second-order valence-electron chi connectivity index (χ2n) is 6.80. The highest BCUT2D eigenvalue weighted by Crippen LogP contribution is 2.33. The average molecular weight is 226 g/mol. The summed E-state index contributed by atoms with van der Waals surface area (Å²) in [5, 5.41) is 3.70. The van der Waals surface area contributed by atoms with E-state index in [0.29, 0.717) is 6.04 Å². The zero-order valence-electron chi connectivity index (χ0n) is 11.7. The topological polar surface area (TPSA) is 38.0 Å². The van der Waals surface area contributed by atoms with Crippen LogP contribution in [0.5, 0.6) is 0 Å². The van der Waals surface area contributed by atoms with Gasteiger partial charge in [0.2, 0.25) is 0 Å². The summed E-state index contributed by atoms with van der Waals surface area (Å²) in [6, 6.07) is 0.673. The molecule has 3 atom stereocenters. The van der Waals surface area contributed by atoms with Crippen LogP contribution >= 0.6 is 0 Å². The van der Waals surface area contributed by atoms with E-state index in [-0.39, 0.29) is 5.54 Å². The largest absolute Gasteiger partial charge is 0.324 e. The van der Waals surface area contributed by atoms with Gasteiger partial charge in [0.05, 0.1) is 0 Å². The molecule has 1 saturated carbocycles. The molecular formula is C14H30N2. The van der Waals surface area contributed by atoms with Gasteiger partial charge < -0.3 is 11.1 Å². The number of nitrogens with two attached hydrogens (primary N) is 1. The van der Waals surface area contributed by atoms with Gasteiger partial charge in [-0.05, 0) is 44.4 Å². The number of hydrogen-bond acceptors (Lipinski definition) is 2. The highest BCUT2D eigenvalue weighted by molar-refractivity contribution is 4.87. The highest BCUT2D eigenvalue weighted by atomic mass is 15.0. The van der Waals surface area contributed by atoms with E-state index in [1.165, 1.54) is 19.3 Å². The lowest BCUT2D eigenvalue weighted by molar-refractivity contribution is 0.165. The quantitative estimate of drug-likeness (QED) is 0.773. The Kier molecular flexibility index (Phi) is 4.81. The van der Waals surface area contributed by atoms with Crippen LogP contribution in [-0.2, 0) is 0 Å². The Hall–Kier alpha value is -0.0800. The summed E-state index contributed by atoms with van der Waals surface area (Å²) >= 11 is 0. The summed E-state index contributed by atoms with van der Waals surface area (Å²) in [6.45, 7) is 12.2. The van der Waals surface area contributed by atoms with Crippen molar-refractivity contribution >= 4 is 0 Å². The molecule has 0 heterocycles. The van der Waals surface area contributed by atoms with Crippen LogP contribution in [0.15, 0.2) is 0 Å². The van der Waals surface area contributed by atoms with E-state index in [4.69, 9.17) is 5.73 Å². The van der Waals surface area contributed by atoms with Crippen molar-refractivity contribution in [2.45, 2.75) is 65.5 Å². The Balaban J connectivity index is 2.51. The van der Waals surface area contributed by atoms with Crippen molar-refractivity contribution in [2.75, 3.05) is 6.54 Å². The second-order valence-corrected chi connectivity index (χ2v) is 6.80. The maximum Gasteiger partial charge on any atom is 0.0223 e. The Labute approximate surface area is 101 Å². The van der Waals surface area contributed by atoms with E-state index >= 15 is 0 Å². The van der Waals surface area contributed by atoms with Crippen LogP contribution in [0.4, 0.5) is 0 Å². The molecule has 0 spiro atoms. The van der Waals surface area contributed by atoms with Crippen molar-refractivity contribution in [2.24, 2.45) is 23.5 Å². The molecule has 2 nitrogen and oxygen atoms in total. The number of hydrogen-bond donors (Lipinski definition) is 2. The molecule has 2 heteroatoms. The fourth-order valence-corrected chi connectivity index (χ4v) is 2.83. The SMILES string of the molecule is CC1CCC(C(C)C)C(NCC(C)(C)N)C1. The Morgan fingerprint density at radius 3 is 2.44 bits per heavy atom. The van der Waals surface area contributed by atoms with Gasteiger partial charge in [0.15, 0.2) is 0 Å². The predicted molar refractivity (Wildman–Crippen MR) is 71.4 cm³/mol. The molecule has 0 aromatic heterocycles. The standard InChI is InChI=1S/C14H30N2/c1-10(2)12-7-6-11(3)8-13(12)16-9-14(4,5)15/h10-13,16H,6-9,15H2,1-5H3. The number of rotatable bonds is 4. The first-order chi connectivity index (χ1) is 7.29. The lowest BCUT2D eigenvalue weighted by Gasteiger charge is -2.39. The van der Waals surface area contributed by atoms with Crippen LogP contribution < -0.4 is 11.1 Å². The van der Waals surface area contributed by atoms with E-state index in [9.17, 15) is 0 Å². The van der Waals surface area contributed by atoms with Crippen molar-refractivity contribution in [3.63, 3.8) is 0 Å². The number of nitrogens with one attached hydrogen (secondary N) is 1. The molecule has 1 fully saturated rings. The van der Waals surface area contributed by atoms with Gasteiger partial charge >= 0.3 is 0 Å². The summed E-state index contributed by atoms with van der Waals surface area (Å²) in [5.41, 5.74) is 5.95. The van der Waals surface area contributed by atoms with Crippen molar-refractivity contribution in [3.05, 3.63) is 0 Å². The van der Waals surface area contributed by atoms with Crippen LogP contribution in [0.1, 0.15) is 53.9 Å². The normalized spacial score (nSPS) is 32.1. The predicted octanol–water partition coefficient (Wildman–Crippen LogP) is 2.77. The molecule has 1 aliphatic rings. The Morgan fingerprint density at radius 1 is 1.31 bits per heavy atom. The Bertz CT molecular complexity index is 205. The van der Waals surface area contributed by atoms with Crippen molar-refractivity contribution in [1.29, 1.82) is 0 Å². The minimum atomic E-state index is -0.0950. The first-order valence-electron chi connectivity index (χ1n) is 6.82. The van der Waals surface area contributed by atoms with Crippen LogP contribution in [0.3, 0.4) is 0 Å². The third-order valence-corrected chi connectivity index (χ3v) is 3.84. The molecule has 3 N–H and O–H groups in total. The van der Waals surface area contributed by atoms with Gasteiger partial charge in [-0.1, -0.05) is 27.2 Å². The highest BCUT2D eigenvalue weighted by Gasteiger charge is 2.30. The van der Waals surface area contributed by atoms with Gasteiger partial charge in [-0.15, -0.1) is 0 Å². The zero-order valence-corrected chi connectivity index (χ0v) is 11.7. The molecule has 0 aliphatic heterocycles. The van der Waals surface area contributed by atoms with E-state index < -0.39 is 0 Å². The molecule has 0 amide bonds. The molecule has 1 rings (SSSR count). The summed E-state index contributed by atoms with van der Waals surface area (Å²) in [7, 11) is 0. The van der Waals surface area contributed by atoms with Gasteiger partial charge in [0.25, 0.3) is 0 Å². The molecule has 96 valence electrons. The average Bonchev–Trinajstić information content (AvgIpc) is 2.13. The monoisotopic (exact) mass is 226 g/mol. The van der Waals surface area contributed by atoms with Crippen LogP contribution in [0.25, 0.3) is 0 Å². The second kappa shape index (κ2) is 5.50. The molecule has 16 heavy (non-hydrogen) atoms. The summed E-state index contributed by atoms with van der Waals surface area (Å²) in [4.78, 5) is 0. The molecule has 0 aromatic carbocycles. The Morgan fingerprint density at radius 2 is 1.94 bits per heavy atom. The van der Waals surface area contributed by atoms with E-state index in [2.05, 4.69) is 39.9 Å². The summed E-state index contributed by atoms with van der Waals surface area (Å²) in [6.07, 6.45) is 4.09. The van der Waals surface area contributed by atoms with Gasteiger partial charge in [0.1, 0.15) is 0 Å². The summed E-state index contributed by atoms with van der Waals surface area (Å²) in [5.74, 6) is 2.48. The van der Waals surface area contributed by atoms with E-state index in [1.54, 1.807) is 0 Å². The molecule has 0 bridgehead atoms. The first-order valence-corrected chi connectivity index (χ1v) is 6.82. The van der Waals surface area contributed by atoms with E-state index in [1.807, 2.05) is 0 Å². The minimum absolute atomic E-state index is 0.0950.